The van der Waals surface area contributed by atoms with Crippen LogP contribution in [0.4, 0.5) is 5.69 Å². The van der Waals surface area contributed by atoms with Crippen LogP contribution in [0.25, 0.3) is 0 Å². The number of hydrogen-bond acceptors (Lipinski definition) is 3. The molecule has 0 aliphatic heterocycles. The van der Waals surface area contributed by atoms with Crippen LogP contribution in [-0.4, -0.2) is 8.42 Å². The van der Waals surface area contributed by atoms with Crippen molar-refractivity contribution in [3.05, 3.63) is 59.2 Å². The first-order valence-corrected chi connectivity index (χ1v) is 8.37. The summed E-state index contributed by atoms with van der Waals surface area (Å²) < 4.78 is 28.0. The zero-order valence-corrected chi connectivity index (χ0v) is 13.1. The van der Waals surface area contributed by atoms with Crippen LogP contribution in [0.3, 0.4) is 0 Å². The number of anilines is 1. The smallest absolute Gasteiger partial charge is 0.262 e. The maximum absolute atomic E-state index is 12.6. The summed E-state index contributed by atoms with van der Waals surface area (Å²) in [7, 11) is -3.64. The van der Waals surface area contributed by atoms with Crippen LogP contribution >= 0.6 is 0 Å². The Balaban J connectivity index is 2.48. The molecule has 112 valence electrons. The van der Waals surface area contributed by atoms with Crippen molar-refractivity contribution in [3.8, 4) is 0 Å². The van der Waals surface area contributed by atoms with Crippen molar-refractivity contribution in [2.24, 2.45) is 5.73 Å². The first-order chi connectivity index (χ1) is 9.99. The molecule has 0 radical (unpaired) electrons. The summed E-state index contributed by atoms with van der Waals surface area (Å²) in [5.74, 6) is 0. The fourth-order valence-electron chi connectivity index (χ4n) is 2.29. The third-order valence-corrected chi connectivity index (χ3v) is 4.91. The molecule has 0 heterocycles. The molecule has 4 nitrogen and oxygen atoms in total. The molecule has 0 bridgehead atoms. The van der Waals surface area contributed by atoms with Crippen molar-refractivity contribution >= 4 is 15.7 Å². The number of sulfonamides is 1. The highest BCUT2D eigenvalue weighted by Crippen LogP contribution is 2.25. The molecule has 0 spiro atoms. The molecule has 0 saturated heterocycles. The molecule has 5 heteroatoms. The number of nitrogens with one attached hydrogen (secondary N) is 1. The normalized spacial score (nSPS) is 11.4. The van der Waals surface area contributed by atoms with E-state index in [-0.39, 0.29) is 11.4 Å². The van der Waals surface area contributed by atoms with Gasteiger partial charge in [-0.15, -0.1) is 0 Å². The quantitative estimate of drug-likeness (QED) is 0.892. The maximum atomic E-state index is 12.6. The van der Waals surface area contributed by atoms with E-state index in [0.29, 0.717) is 11.3 Å². The molecule has 2 aromatic carbocycles. The predicted octanol–water partition coefficient (Wildman–Crippen LogP) is 2.82. The van der Waals surface area contributed by atoms with Crippen LogP contribution in [0, 0.1) is 6.92 Å². The van der Waals surface area contributed by atoms with E-state index >= 15 is 0 Å². The molecule has 0 aliphatic carbocycles. The van der Waals surface area contributed by atoms with E-state index in [1.54, 1.807) is 24.3 Å². The van der Waals surface area contributed by atoms with Gasteiger partial charge in [-0.25, -0.2) is 8.42 Å². The largest absolute Gasteiger partial charge is 0.326 e. The molecular weight excluding hydrogens is 284 g/mol. The van der Waals surface area contributed by atoms with Crippen molar-refractivity contribution in [1.82, 2.24) is 0 Å². The Labute approximate surface area is 126 Å². The highest BCUT2D eigenvalue weighted by atomic mass is 32.2. The first kappa shape index (κ1) is 15.5. The van der Waals surface area contributed by atoms with E-state index < -0.39 is 10.0 Å². The molecule has 0 unspecified atom stereocenters. The summed E-state index contributed by atoms with van der Waals surface area (Å²) in [4.78, 5) is 0.234. The second-order valence-electron chi connectivity index (χ2n) is 4.88. The Bertz CT molecular complexity index is 740. The number of benzene rings is 2. The van der Waals surface area contributed by atoms with Crippen LogP contribution < -0.4 is 10.5 Å². The number of rotatable bonds is 5. The van der Waals surface area contributed by atoms with E-state index in [1.165, 1.54) is 0 Å². The van der Waals surface area contributed by atoms with Gasteiger partial charge in [-0.3, -0.25) is 4.72 Å². The molecule has 0 aliphatic rings. The zero-order chi connectivity index (χ0) is 15.5. The van der Waals surface area contributed by atoms with Crippen LogP contribution in [0.15, 0.2) is 47.4 Å². The molecule has 21 heavy (non-hydrogen) atoms. The first-order valence-electron chi connectivity index (χ1n) is 6.89. The lowest BCUT2D eigenvalue weighted by Crippen LogP contribution is -2.17. The number of para-hydroxylation sites is 1. The third kappa shape index (κ3) is 3.25. The van der Waals surface area contributed by atoms with Crippen molar-refractivity contribution in [1.29, 1.82) is 0 Å². The lowest BCUT2D eigenvalue weighted by molar-refractivity contribution is 0.600. The van der Waals surface area contributed by atoms with Gasteiger partial charge in [0.05, 0.1) is 10.6 Å². The van der Waals surface area contributed by atoms with Gasteiger partial charge in [-0.05, 0) is 36.1 Å². The molecule has 0 amide bonds. The lowest BCUT2D eigenvalue weighted by Gasteiger charge is -2.16. The van der Waals surface area contributed by atoms with Gasteiger partial charge in [0.15, 0.2) is 0 Å². The van der Waals surface area contributed by atoms with Gasteiger partial charge < -0.3 is 5.73 Å². The Hall–Kier alpha value is -1.85. The highest BCUT2D eigenvalue weighted by molar-refractivity contribution is 7.92. The van der Waals surface area contributed by atoms with Gasteiger partial charge in [0.2, 0.25) is 0 Å². The molecule has 0 aromatic heterocycles. The molecule has 0 saturated carbocycles. The van der Waals surface area contributed by atoms with E-state index in [0.717, 1.165) is 17.5 Å². The van der Waals surface area contributed by atoms with Crippen molar-refractivity contribution in [2.75, 3.05) is 4.72 Å². The Morgan fingerprint density at radius 3 is 2.38 bits per heavy atom. The summed E-state index contributed by atoms with van der Waals surface area (Å²) in [5, 5.41) is 0. The molecule has 0 atom stereocenters. The molecule has 2 aromatic rings. The molecule has 3 N–H and O–H groups in total. The average molecular weight is 304 g/mol. The van der Waals surface area contributed by atoms with Crippen LogP contribution in [0.5, 0.6) is 0 Å². The van der Waals surface area contributed by atoms with Gasteiger partial charge >= 0.3 is 0 Å². The van der Waals surface area contributed by atoms with Gasteiger partial charge in [0.1, 0.15) is 0 Å². The predicted molar refractivity (Wildman–Crippen MR) is 85.7 cm³/mol. The van der Waals surface area contributed by atoms with E-state index in [9.17, 15) is 8.42 Å². The van der Waals surface area contributed by atoms with Crippen LogP contribution in [-0.2, 0) is 23.0 Å². The third-order valence-electron chi connectivity index (χ3n) is 3.46. The van der Waals surface area contributed by atoms with Crippen molar-refractivity contribution in [2.45, 2.75) is 31.7 Å². The number of nitrogens with two attached hydrogens (primary N) is 1. The highest BCUT2D eigenvalue weighted by Gasteiger charge is 2.19. The van der Waals surface area contributed by atoms with Gasteiger partial charge in [0, 0.05) is 6.54 Å². The maximum Gasteiger partial charge on any atom is 0.262 e. The SMILES string of the molecule is CCc1cccc(C)c1NS(=O)(=O)c1ccccc1CN. The van der Waals surface area contributed by atoms with E-state index in [4.69, 9.17) is 5.73 Å². The van der Waals surface area contributed by atoms with Crippen LogP contribution in [0.2, 0.25) is 0 Å². The van der Waals surface area contributed by atoms with Crippen LogP contribution in [0.1, 0.15) is 23.6 Å². The standard InChI is InChI=1S/C16H20N2O2S/c1-3-13-9-6-7-12(2)16(13)18-21(19,20)15-10-5-4-8-14(15)11-17/h4-10,18H,3,11,17H2,1-2H3. The average Bonchev–Trinajstić information content (AvgIpc) is 2.49. The Morgan fingerprint density at radius 2 is 1.71 bits per heavy atom. The fraction of sp³-hybridized carbons (Fsp3) is 0.250. The summed E-state index contributed by atoms with van der Waals surface area (Å²) in [6.45, 7) is 4.08. The minimum Gasteiger partial charge on any atom is -0.326 e. The summed E-state index contributed by atoms with van der Waals surface area (Å²) >= 11 is 0. The fourth-order valence-corrected chi connectivity index (χ4v) is 3.72. The number of hydrogen-bond donors (Lipinski definition) is 2. The van der Waals surface area contributed by atoms with Gasteiger partial charge in [0.25, 0.3) is 10.0 Å². The van der Waals surface area contributed by atoms with Crippen molar-refractivity contribution < 1.29 is 8.42 Å². The van der Waals surface area contributed by atoms with Gasteiger partial charge in [-0.2, -0.15) is 0 Å². The van der Waals surface area contributed by atoms with Crippen molar-refractivity contribution in [3.63, 3.8) is 0 Å². The molecule has 0 fully saturated rings. The molecule has 2 rings (SSSR count). The summed E-state index contributed by atoms with van der Waals surface area (Å²) in [5.41, 5.74) is 8.78. The van der Waals surface area contributed by atoms with Gasteiger partial charge in [-0.1, -0.05) is 43.3 Å². The Kier molecular flexibility index (Phi) is 4.65. The second kappa shape index (κ2) is 6.28. The summed E-state index contributed by atoms with van der Waals surface area (Å²) in [6.07, 6.45) is 0.762. The van der Waals surface area contributed by atoms with E-state index in [2.05, 4.69) is 4.72 Å². The topological polar surface area (TPSA) is 72.2 Å². The monoisotopic (exact) mass is 304 g/mol. The molecular formula is C16H20N2O2S. The minimum atomic E-state index is -3.64. The lowest BCUT2D eigenvalue weighted by atomic mass is 10.1. The number of aryl methyl sites for hydroxylation is 2. The second-order valence-corrected chi connectivity index (χ2v) is 6.53. The summed E-state index contributed by atoms with van der Waals surface area (Å²) in [6, 6.07) is 12.5. The zero-order valence-electron chi connectivity index (χ0n) is 12.3. The van der Waals surface area contributed by atoms with E-state index in [1.807, 2.05) is 32.0 Å². The minimum absolute atomic E-state index is 0.186. The Morgan fingerprint density at radius 1 is 1.05 bits per heavy atom.